The van der Waals surface area contributed by atoms with Crippen molar-refractivity contribution in [3.63, 3.8) is 0 Å². The van der Waals surface area contributed by atoms with E-state index in [1.807, 2.05) is 0 Å². The van der Waals surface area contributed by atoms with E-state index in [2.05, 4.69) is 0 Å². The van der Waals surface area contributed by atoms with E-state index in [-0.39, 0.29) is 58.9 Å². The minimum atomic E-state index is -1.23. The number of hydrogen-bond donors (Lipinski definition) is 10. The smallest absolute Gasteiger partial charge is 0.306 e. The number of aliphatic hydroxyl groups excluding tert-OH is 8. The van der Waals surface area contributed by atoms with Crippen LogP contribution in [0.3, 0.4) is 0 Å². The van der Waals surface area contributed by atoms with Gasteiger partial charge in [0, 0.05) is 58.9 Å². The molecular weight excluding hydrogens is 486 g/mol. The molecular formula is C21H43N3O12. The van der Waals surface area contributed by atoms with Crippen molar-refractivity contribution in [2.75, 3.05) is 78.7 Å². The largest absolute Gasteiger partial charge is 0.481 e. The van der Waals surface area contributed by atoms with Crippen LogP contribution in [0.1, 0.15) is 12.8 Å². The summed E-state index contributed by atoms with van der Waals surface area (Å²) in [5, 5.41) is 94.8. The fourth-order valence-corrected chi connectivity index (χ4v) is 3.57. The van der Waals surface area contributed by atoms with Crippen molar-refractivity contribution in [3.8, 4) is 0 Å². The Morgan fingerprint density at radius 3 is 1.00 bits per heavy atom. The second-order valence-corrected chi connectivity index (χ2v) is 8.83. The van der Waals surface area contributed by atoms with Gasteiger partial charge in [-0.2, -0.15) is 0 Å². The van der Waals surface area contributed by atoms with Crippen LogP contribution in [0.15, 0.2) is 0 Å². The Hall–Kier alpha value is -1.50. The molecule has 5 unspecified atom stereocenters. The lowest BCUT2D eigenvalue weighted by Gasteiger charge is -2.33. The maximum Gasteiger partial charge on any atom is 0.306 e. The van der Waals surface area contributed by atoms with Crippen molar-refractivity contribution in [1.82, 2.24) is 14.7 Å². The highest BCUT2D eigenvalue weighted by Gasteiger charge is 2.22. The van der Waals surface area contributed by atoms with Crippen LogP contribution in [0.2, 0.25) is 0 Å². The lowest BCUT2D eigenvalue weighted by molar-refractivity contribution is -0.140. The quantitative estimate of drug-likeness (QED) is 0.0593. The maximum absolute atomic E-state index is 10.9. The highest BCUT2D eigenvalue weighted by atomic mass is 16.4. The molecule has 15 heteroatoms. The summed E-state index contributed by atoms with van der Waals surface area (Å²) in [6, 6.07) is 0. The summed E-state index contributed by atoms with van der Waals surface area (Å²) in [6.07, 6.45) is -6.85. The predicted molar refractivity (Wildman–Crippen MR) is 125 cm³/mol. The molecule has 0 saturated carbocycles. The fourth-order valence-electron chi connectivity index (χ4n) is 3.57. The lowest BCUT2D eigenvalue weighted by Crippen LogP contribution is -2.48. The molecule has 0 aromatic carbocycles. The first-order valence-corrected chi connectivity index (χ1v) is 11.7. The number of carboxylic acid groups (broad SMARTS) is 2. The molecule has 0 fully saturated rings. The van der Waals surface area contributed by atoms with Gasteiger partial charge in [-0.1, -0.05) is 0 Å². The summed E-state index contributed by atoms with van der Waals surface area (Å²) < 4.78 is 0. The van der Waals surface area contributed by atoms with Crippen LogP contribution in [0.5, 0.6) is 0 Å². The molecule has 0 saturated heterocycles. The number of hydrogen-bond acceptors (Lipinski definition) is 13. The summed E-state index contributed by atoms with van der Waals surface area (Å²) in [5.74, 6) is -2.40. The zero-order valence-corrected chi connectivity index (χ0v) is 20.4. The summed E-state index contributed by atoms with van der Waals surface area (Å²) >= 11 is 0. The molecule has 15 nitrogen and oxygen atoms in total. The number of carbonyl (C=O) groups is 2. The third kappa shape index (κ3) is 17.9. The normalized spacial score (nSPS) is 16.3. The lowest BCUT2D eigenvalue weighted by atomic mass is 10.2. The molecule has 0 heterocycles. The van der Waals surface area contributed by atoms with Gasteiger partial charge in [-0.25, -0.2) is 0 Å². The van der Waals surface area contributed by atoms with Crippen LogP contribution < -0.4 is 0 Å². The standard InChI is InChI=1S/C21H43N3O12/c25-12-17(30)9-22(1-3-23(10-18(31)13-26)7-15(28)5-20(33)34)2-4-24(11-19(32)14-27)8-16(29)6-21(35)36/h15-19,25-32H,1-14H2,(H,33,34)(H,35,36). The van der Waals surface area contributed by atoms with Gasteiger partial charge in [0.05, 0.1) is 63.2 Å². The second kappa shape index (κ2) is 19.6. The van der Waals surface area contributed by atoms with Gasteiger partial charge in [-0.3, -0.25) is 24.3 Å². The molecule has 0 aliphatic rings. The second-order valence-electron chi connectivity index (χ2n) is 8.83. The third-order valence-electron chi connectivity index (χ3n) is 5.26. The van der Waals surface area contributed by atoms with E-state index in [1.54, 1.807) is 14.7 Å². The Morgan fingerprint density at radius 1 is 0.472 bits per heavy atom. The zero-order chi connectivity index (χ0) is 27.7. The van der Waals surface area contributed by atoms with Gasteiger partial charge in [-0.05, 0) is 0 Å². The molecule has 214 valence electrons. The molecule has 0 aliphatic heterocycles. The minimum Gasteiger partial charge on any atom is -0.481 e. The minimum absolute atomic E-state index is 0.0125. The molecule has 5 atom stereocenters. The highest BCUT2D eigenvalue weighted by molar-refractivity contribution is 5.67. The Bertz CT molecular complexity index is 558. The number of nitrogens with zero attached hydrogens (tertiary/aromatic N) is 3. The summed E-state index contributed by atoms with van der Waals surface area (Å²) in [6.45, 7) is -1.08. The average molecular weight is 530 g/mol. The predicted octanol–water partition coefficient (Wildman–Crippen LogP) is -5.38. The highest BCUT2D eigenvalue weighted by Crippen LogP contribution is 2.05. The number of aliphatic carboxylic acids is 2. The number of carboxylic acids is 2. The van der Waals surface area contributed by atoms with Crippen LogP contribution in [0, 0.1) is 0 Å². The van der Waals surface area contributed by atoms with E-state index in [4.69, 9.17) is 20.4 Å². The zero-order valence-electron chi connectivity index (χ0n) is 20.4. The Morgan fingerprint density at radius 2 is 0.722 bits per heavy atom. The molecule has 0 rings (SSSR count). The molecule has 0 aromatic rings. The summed E-state index contributed by atoms with van der Waals surface area (Å²) in [5.41, 5.74) is 0. The van der Waals surface area contributed by atoms with Gasteiger partial charge in [0.15, 0.2) is 0 Å². The molecule has 10 N–H and O–H groups in total. The fraction of sp³-hybridized carbons (Fsp3) is 0.905. The van der Waals surface area contributed by atoms with Crippen LogP contribution in [0.25, 0.3) is 0 Å². The average Bonchev–Trinajstić information content (AvgIpc) is 2.78. The van der Waals surface area contributed by atoms with Crippen molar-refractivity contribution in [2.45, 2.75) is 43.4 Å². The van der Waals surface area contributed by atoms with Gasteiger partial charge >= 0.3 is 11.9 Å². The van der Waals surface area contributed by atoms with Crippen molar-refractivity contribution in [2.24, 2.45) is 0 Å². The SMILES string of the molecule is O=C(O)CC(O)CN(CCN(CCN(CC(O)CO)CC(O)CC(=O)O)CC(O)CO)CC(O)CO. The van der Waals surface area contributed by atoms with Crippen LogP contribution in [-0.4, -0.2) is 187 Å². The first-order valence-electron chi connectivity index (χ1n) is 11.7. The van der Waals surface area contributed by atoms with Crippen LogP contribution in [0.4, 0.5) is 0 Å². The molecule has 0 amide bonds. The van der Waals surface area contributed by atoms with Gasteiger partial charge in [0.2, 0.25) is 0 Å². The van der Waals surface area contributed by atoms with E-state index in [0.717, 1.165) is 0 Å². The number of rotatable bonds is 23. The van der Waals surface area contributed by atoms with E-state index in [0.29, 0.717) is 0 Å². The molecule has 0 spiro atoms. The van der Waals surface area contributed by atoms with Gasteiger partial charge < -0.3 is 51.1 Å². The van der Waals surface area contributed by atoms with Crippen LogP contribution >= 0.6 is 0 Å². The molecule has 0 aliphatic carbocycles. The van der Waals surface area contributed by atoms with Gasteiger partial charge in [0.1, 0.15) is 0 Å². The van der Waals surface area contributed by atoms with E-state index >= 15 is 0 Å². The van der Waals surface area contributed by atoms with E-state index in [1.165, 1.54) is 0 Å². The van der Waals surface area contributed by atoms with Crippen molar-refractivity contribution >= 4 is 11.9 Å². The first kappa shape index (κ1) is 34.5. The first-order chi connectivity index (χ1) is 16.9. The summed E-state index contributed by atoms with van der Waals surface area (Å²) in [7, 11) is 0. The Kier molecular flexibility index (Phi) is 18.8. The molecule has 0 radical (unpaired) electrons. The van der Waals surface area contributed by atoms with E-state index in [9.17, 15) is 40.2 Å². The molecule has 0 bridgehead atoms. The van der Waals surface area contributed by atoms with Crippen molar-refractivity contribution in [1.29, 1.82) is 0 Å². The van der Waals surface area contributed by atoms with Crippen LogP contribution in [-0.2, 0) is 9.59 Å². The Labute approximate surface area is 210 Å². The number of aliphatic hydroxyl groups is 8. The van der Waals surface area contributed by atoms with E-state index < -0.39 is 75.1 Å². The maximum atomic E-state index is 10.9. The van der Waals surface area contributed by atoms with Crippen molar-refractivity contribution in [3.05, 3.63) is 0 Å². The molecule has 0 aromatic heterocycles. The Balaban J connectivity index is 5.29. The summed E-state index contributed by atoms with van der Waals surface area (Å²) in [4.78, 5) is 26.5. The van der Waals surface area contributed by atoms with Gasteiger partial charge in [0.25, 0.3) is 0 Å². The molecule has 36 heavy (non-hydrogen) atoms. The topological polar surface area (TPSA) is 246 Å². The van der Waals surface area contributed by atoms with Crippen molar-refractivity contribution < 1.29 is 60.7 Å². The van der Waals surface area contributed by atoms with Gasteiger partial charge in [-0.15, -0.1) is 0 Å². The monoisotopic (exact) mass is 529 g/mol. The third-order valence-corrected chi connectivity index (χ3v) is 5.26.